The van der Waals surface area contributed by atoms with E-state index in [0.717, 1.165) is 30.9 Å². The molecule has 0 aromatic heterocycles. The van der Waals surface area contributed by atoms with Crippen molar-refractivity contribution in [3.8, 4) is 0 Å². The van der Waals surface area contributed by atoms with Crippen LogP contribution >= 0.6 is 0 Å². The fourth-order valence-electron chi connectivity index (χ4n) is 3.17. The third kappa shape index (κ3) is 10.3. The van der Waals surface area contributed by atoms with Gasteiger partial charge in [0.1, 0.15) is 5.60 Å². The van der Waals surface area contributed by atoms with E-state index in [0.29, 0.717) is 46.1 Å². The lowest BCUT2D eigenvalue weighted by Gasteiger charge is -2.35. The van der Waals surface area contributed by atoms with E-state index in [1.54, 1.807) is 4.90 Å². The summed E-state index contributed by atoms with van der Waals surface area (Å²) in [5.74, 6) is 0. The van der Waals surface area contributed by atoms with Crippen LogP contribution in [0.1, 0.15) is 33.3 Å². The molecule has 0 spiro atoms. The highest BCUT2D eigenvalue weighted by Gasteiger charge is 2.25. The highest BCUT2D eigenvalue weighted by molar-refractivity contribution is 5.89. The van der Waals surface area contributed by atoms with Gasteiger partial charge < -0.3 is 29.7 Å². The molecule has 32 heavy (non-hydrogen) atoms. The molecule has 0 unspecified atom stereocenters. The lowest BCUT2D eigenvalue weighted by atomic mass is 10.2. The summed E-state index contributed by atoms with van der Waals surface area (Å²) in [7, 11) is 0. The fourth-order valence-corrected chi connectivity index (χ4v) is 3.17. The average Bonchev–Trinajstić information content (AvgIpc) is 2.73. The Bertz CT molecular complexity index is 715. The van der Waals surface area contributed by atoms with E-state index in [4.69, 9.17) is 14.2 Å². The number of carbonyl (C=O) groups is 2. The first-order valence-electron chi connectivity index (χ1n) is 11.3. The Labute approximate surface area is 191 Å². The van der Waals surface area contributed by atoms with Crippen molar-refractivity contribution >= 4 is 17.8 Å². The van der Waals surface area contributed by atoms with Crippen LogP contribution in [0.3, 0.4) is 0 Å². The molecule has 1 aromatic rings. The van der Waals surface area contributed by atoms with Gasteiger partial charge in [0.2, 0.25) is 0 Å². The molecule has 3 amide bonds. The Hall–Kier alpha value is -2.36. The first-order chi connectivity index (χ1) is 15.3. The molecule has 9 nitrogen and oxygen atoms in total. The van der Waals surface area contributed by atoms with Crippen LogP contribution in [-0.4, -0.2) is 86.6 Å². The number of urea groups is 1. The third-order valence-corrected chi connectivity index (χ3v) is 4.77. The second-order valence-corrected chi connectivity index (χ2v) is 8.64. The molecule has 180 valence electrons. The van der Waals surface area contributed by atoms with Crippen molar-refractivity contribution in [1.29, 1.82) is 0 Å². The number of rotatable bonds is 10. The van der Waals surface area contributed by atoms with Gasteiger partial charge in [0.15, 0.2) is 0 Å². The molecule has 1 saturated heterocycles. The van der Waals surface area contributed by atoms with Gasteiger partial charge in [-0.15, -0.1) is 0 Å². The Morgan fingerprint density at radius 3 is 2.47 bits per heavy atom. The SMILES string of the molecule is CCOCCOCc1cccc(NC(=O)NCCN2CCN(C(=O)OC(C)(C)C)CC2)c1. The standard InChI is InChI=1S/C23H38N4O5/c1-5-30-15-16-31-18-19-7-6-8-20(17-19)25-21(28)24-9-10-26-11-13-27(14-12-26)22(29)32-23(2,3)4/h6-8,17H,5,9-16,18H2,1-4H3,(H2,24,25,28). The summed E-state index contributed by atoms with van der Waals surface area (Å²) in [4.78, 5) is 28.3. The summed E-state index contributed by atoms with van der Waals surface area (Å²) in [5.41, 5.74) is 1.23. The summed E-state index contributed by atoms with van der Waals surface area (Å²) in [6.45, 7) is 13.8. The number of nitrogens with one attached hydrogen (secondary N) is 2. The van der Waals surface area contributed by atoms with Gasteiger partial charge in [0.25, 0.3) is 0 Å². The highest BCUT2D eigenvalue weighted by Crippen LogP contribution is 2.13. The maximum atomic E-state index is 12.2. The van der Waals surface area contributed by atoms with Gasteiger partial charge in [-0.1, -0.05) is 12.1 Å². The van der Waals surface area contributed by atoms with Crippen molar-refractivity contribution in [1.82, 2.24) is 15.1 Å². The van der Waals surface area contributed by atoms with E-state index in [2.05, 4.69) is 15.5 Å². The quantitative estimate of drug-likeness (QED) is 0.533. The Morgan fingerprint density at radius 2 is 1.78 bits per heavy atom. The summed E-state index contributed by atoms with van der Waals surface area (Å²) >= 11 is 0. The predicted molar refractivity (Wildman–Crippen MR) is 124 cm³/mol. The number of piperazine rings is 1. The molecule has 2 N–H and O–H groups in total. The van der Waals surface area contributed by atoms with Crippen LogP contribution < -0.4 is 10.6 Å². The largest absolute Gasteiger partial charge is 0.444 e. The van der Waals surface area contributed by atoms with Gasteiger partial charge in [0.05, 0.1) is 19.8 Å². The second kappa shape index (κ2) is 13.2. The Morgan fingerprint density at radius 1 is 1.06 bits per heavy atom. The minimum absolute atomic E-state index is 0.244. The molecule has 9 heteroatoms. The first-order valence-corrected chi connectivity index (χ1v) is 11.3. The highest BCUT2D eigenvalue weighted by atomic mass is 16.6. The minimum atomic E-state index is -0.484. The number of ether oxygens (including phenoxy) is 3. The van der Waals surface area contributed by atoms with E-state index in [9.17, 15) is 9.59 Å². The molecule has 1 aromatic carbocycles. The van der Waals surface area contributed by atoms with Gasteiger partial charge >= 0.3 is 12.1 Å². The second-order valence-electron chi connectivity index (χ2n) is 8.64. The van der Waals surface area contributed by atoms with Crippen molar-refractivity contribution in [3.63, 3.8) is 0 Å². The van der Waals surface area contributed by atoms with Crippen LogP contribution in [0.15, 0.2) is 24.3 Å². The van der Waals surface area contributed by atoms with E-state index < -0.39 is 5.60 Å². The summed E-state index contributed by atoms with van der Waals surface area (Å²) in [6, 6.07) is 7.35. The Balaban J connectivity index is 1.63. The number of nitrogens with zero attached hydrogens (tertiary/aromatic N) is 2. The molecule has 2 rings (SSSR count). The molecule has 1 aliphatic heterocycles. The molecular weight excluding hydrogens is 412 g/mol. The molecule has 0 bridgehead atoms. The van der Waals surface area contributed by atoms with Gasteiger partial charge in [-0.2, -0.15) is 0 Å². The maximum absolute atomic E-state index is 12.2. The zero-order valence-electron chi connectivity index (χ0n) is 19.8. The number of anilines is 1. The minimum Gasteiger partial charge on any atom is -0.444 e. The molecule has 0 aliphatic carbocycles. The molecule has 1 fully saturated rings. The van der Waals surface area contributed by atoms with Crippen LogP contribution in [0, 0.1) is 0 Å². The summed E-state index contributed by atoms with van der Waals surface area (Å²) in [5, 5.41) is 5.74. The molecule has 1 aliphatic rings. The number of carbonyl (C=O) groups excluding carboxylic acids is 2. The monoisotopic (exact) mass is 450 g/mol. The van der Waals surface area contributed by atoms with Gasteiger partial charge in [-0.3, -0.25) is 4.90 Å². The van der Waals surface area contributed by atoms with E-state index in [-0.39, 0.29) is 12.1 Å². The first kappa shape index (κ1) is 25.9. The zero-order chi connectivity index (χ0) is 23.4. The average molecular weight is 451 g/mol. The predicted octanol–water partition coefficient (Wildman–Crippen LogP) is 2.91. The number of amides is 3. The van der Waals surface area contributed by atoms with Crippen molar-refractivity contribution < 1.29 is 23.8 Å². The Kier molecular flexibility index (Phi) is 10.7. The van der Waals surface area contributed by atoms with Crippen LogP contribution in [0.4, 0.5) is 15.3 Å². The fraction of sp³-hybridized carbons (Fsp3) is 0.652. The summed E-state index contributed by atoms with van der Waals surface area (Å²) < 4.78 is 16.2. The molecule has 0 atom stereocenters. The van der Waals surface area contributed by atoms with Crippen molar-refractivity contribution in [2.75, 3.05) is 64.4 Å². The maximum Gasteiger partial charge on any atom is 0.410 e. The molecule has 0 saturated carbocycles. The topological polar surface area (TPSA) is 92.4 Å². The van der Waals surface area contributed by atoms with E-state index in [1.807, 2.05) is 52.0 Å². The van der Waals surface area contributed by atoms with E-state index in [1.165, 1.54) is 0 Å². The number of hydrogen-bond donors (Lipinski definition) is 2. The number of hydrogen-bond acceptors (Lipinski definition) is 6. The lowest BCUT2D eigenvalue weighted by molar-refractivity contribution is 0.0147. The lowest BCUT2D eigenvalue weighted by Crippen LogP contribution is -2.51. The molecule has 1 heterocycles. The summed E-state index contributed by atoms with van der Waals surface area (Å²) in [6.07, 6.45) is -0.267. The van der Waals surface area contributed by atoms with Crippen LogP contribution in [0.2, 0.25) is 0 Å². The molecular formula is C23H38N4O5. The van der Waals surface area contributed by atoms with Crippen LogP contribution in [0.25, 0.3) is 0 Å². The van der Waals surface area contributed by atoms with E-state index >= 15 is 0 Å². The smallest absolute Gasteiger partial charge is 0.410 e. The third-order valence-electron chi connectivity index (χ3n) is 4.77. The van der Waals surface area contributed by atoms with Crippen molar-refractivity contribution in [3.05, 3.63) is 29.8 Å². The van der Waals surface area contributed by atoms with Crippen LogP contribution in [-0.2, 0) is 20.8 Å². The van der Waals surface area contributed by atoms with Crippen molar-refractivity contribution in [2.45, 2.75) is 39.9 Å². The van der Waals surface area contributed by atoms with Gasteiger partial charge in [-0.05, 0) is 45.4 Å². The normalized spacial score (nSPS) is 14.8. The van der Waals surface area contributed by atoms with Crippen molar-refractivity contribution in [2.24, 2.45) is 0 Å². The van der Waals surface area contributed by atoms with Gasteiger partial charge in [-0.25, -0.2) is 9.59 Å². The zero-order valence-corrected chi connectivity index (χ0v) is 19.8. The molecule has 0 radical (unpaired) electrons. The number of benzene rings is 1. The van der Waals surface area contributed by atoms with Crippen LogP contribution in [0.5, 0.6) is 0 Å². The van der Waals surface area contributed by atoms with Gasteiger partial charge in [0, 0.05) is 51.6 Å².